The number of rotatable bonds is 12. The molecule has 1 aromatic carbocycles. The molecule has 0 aromatic heterocycles. The van der Waals surface area contributed by atoms with Crippen LogP contribution in [0, 0.1) is 5.92 Å². The molecular formula is C27H41NO5. The van der Waals surface area contributed by atoms with Crippen LogP contribution in [0.15, 0.2) is 42.0 Å². The van der Waals surface area contributed by atoms with Crippen molar-refractivity contribution in [2.45, 2.75) is 96.3 Å². The van der Waals surface area contributed by atoms with Gasteiger partial charge in [0.15, 0.2) is 0 Å². The van der Waals surface area contributed by atoms with Gasteiger partial charge >= 0.3 is 12.1 Å². The van der Waals surface area contributed by atoms with Gasteiger partial charge in [0, 0.05) is 6.42 Å². The molecule has 6 heteroatoms. The van der Waals surface area contributed by atoms with Crippen molar-refractivity contribution in [2.24, 2.45) is 5.92 Å². The molecule has 0 bridgehead atoms. The molecule has 2 N–H and O–H groups in total. The molecule has 2 rings (SSSR count). The first-order valence-corrected chi connectivity index (χ1v) is 12.3. The Labute approximate surface area is 198 Å². The van der Waals surface area contributed by atoms with Gasteiger partial charge < -0.3 is 19.9 Å². The zero-order valence-corrected chi connectivity index (χ0v) is 20.5. The van der Waals surface area contributed by atoms with Crippen LogP contribution in [0.5, 0.6) is 0 Å². The molecule has 1 aliphatic rings. The number of aliphatic hydroxyl groups is 1. The molecule has 184 valence electrons. The fourth-order valence-electron chi connectivity index (χ4n) is 4.78. The standard InChI is InChI=1S/C27H41NO5/c1-4-11-24(18-21(2)29)19-27(25(30)32-3,17-16-22-12-7-5-8-13-22)28-26(31)33-20-23-14-9-6-10-15-23/h6,9-10,14-15,18,21-22,29H,4-5,7-8,11-13,16-17,19-20H2,1-3H3,(H,28,31)/b24-18+/t21-,27-/m1/s1. The maximum atomic E-state index is 13.2. The maximum absolute atomic E-state index is 13.2. The van der Waals surface area contributed by atoms with Gasteiger partial charge in [0.1, 0.15) is 12.1 Å². The monoisotopic (exact) mass is 459 g/mol. The van der Waals surface area contributed by atoms with Gasteiger partial charge in [-0.15, -0.1) is 0 Å². The Morgan fingerprint density at radius 1 is 1.21 bits per heavy atom. The molecule has 0 aliphatic heterocycles. The lowest BCUT2D eigenvalue weighted by Crippen LogP contribution is -2.55. The number of hydrogen-bond acceptors (Lipinski definition) is 5. The summed E-state index contributed by atoms with van der Waals surface area (Å²) in [5, 5.41) is 12.9. The van der Waals surface area contributed by atoms with Crippen molar-refractivity contribution in [3.05, 3.63) is 47.5 Å². The van der Waals surface area contributed by atoms with E-state index in [2.05, 4.69) is 12.2 Å². The predicted molar refractivity (Wildman–Crippen MR) is 130 cm³/mol. The van der Waals surface area contributed by atoms with Gasteiger partial charge in [-0.25, -0.2) is 9.59 Å². The number of aliphatic hydroxyl groups excluding tert-OH is 1. The number of amides is 1. The van der Waals surface area contributed by atoms with Crippen LogP contribution >= 0.6 is 0 Å². The summed E-state index contributed by atoms with van der Waals surface area (Å²) in [6.07, 6.45) is 9.72. The van der Waals surface area contributed by atoms with Gasteiger partial charge in [-0.2, -0.15) is 0 Å². The minimum atomic E-state index is -1.23. The zero-order chi connectivity index (χ0) is 24.1. The van der Waals surface area contributed by atoms with Crippen LogP contribution in [0.3, 0.4) is 0 Å². The zero-order valence-electron chi connectivity index (χ0n) is 20.5. The highest BCUT2D eigenvalue weighted by Gasteiger charge is 2.42. The number of carbonyl (C=O) groups excluding carboxylic acids is 2. The van der Waals surface area contributed by atoms with E-state index >= 15 is 0 Å². The molecule has 33 heavy (non-hydrogen) atoms. The highest BCUT2D eigenvalue weighted by Crippen LogP contribution is 2.33. The second-order valence-corrected chi connectivity index (χ2v) is 9.30. The maximum Gasteiger partial charge on any atom is 0.408 e. The van der Waals surface area contributed by atoms with E-state index in [4.69, 9.17) is 9.47 Å². The van der Waals surface area contributed by atoms with Crippen molar-refractivity contribution in [3.8, 4) is 0 Å². The average molecular weight is 460 g/mol. The molecule has 6 nitrogen and oxygen atoms in total. The third kappa shape index (κ3) is 9.20. The number of ether oxygens (including phenoxy) is 2. The summed E-state index contributed by atoms with van der Waals surface area (Å²) in [5.74, 6) is 0.0721. The van der Waals surface area contributed by atoms with E-state index < -0.39 is 23.7 Å². The molecule has 0 heterocycles. The molecule has 1 aromatic rings. The Morgan fingerprint density at radius 2 is 1.91 bits per heavy atom. The topological polar surface area (TPSA) is 84.9 Å². The Kier molecular flexibility index (Phi) is 11.4. The van der Waals surface area contributed by atoms with E-state index in [1.807, 2.05) is 30.3 Å². The molecule has 1 amide bonds. The largest absolute Gasteiger partial charge is 0.467 e. The number of alkyl carbamates (subject to hydrolysis) is 1. The molecular weight excluding hydrogens is 418 g/mol. The van der Waals surface area contributed by atoms with Crippen LogP contribution in [-0.2, 0) is 20.9 Å². The second-order valence-electron chi connectivity index (χ2n) is 9.30. The van der Waals surface area contributed by atoms with Crippen LogP contribution in [0.2, 0.25) is 0 Å². The molecule has 0 spiro atoms. The van der Waals surface area contributed by atoms with Crippen LogP contribution in [-0.4, -0.2) is 35.9 Å². The van der Waals surface area contributed by atoms with Crippen molar-refractivity contribution < 1.29 is 24.2 Å². The third-order valence-electron chi connectivity index (χ3n) is 6.41. The van der Waals surface area contributed by atoms with Gasteiger partial charge in [-0.1, -0.05) is 87.4 Å². The SMILES string of the molecule is CCC/C(=C\[C@@H](C)O)C[C@@](CCC1CCCCC1)(NC(=O)OCc1ccccc1)C(=O)OC. The molecule has 0 saturated heterocycles. The summed E-state index contributed by atoms with van der Waals surface area (Å²) in [5.41, 5.74) is 0.583. The average Bonchev–Trinajstić information content (AvgIpc) is 2.81. The first-order chi connectivity index (χ1) is 15.9. The summed E-state index contributed by atoms with van der Waals surface area (Å²) in [4.78, 5) is 26.0. The van der Waals surface area contributed by atoms with Crippen molar-refractivity contribution >= 4 is 12.1 Å². The van der Waals surface area contributed by atoms with Crippen molar-refractivity contribution in [2.75, 3.05) is 7.11 Å². The fraction of sp³-hybridized carbons (Fsp3) is 0.630. The quantitative estimate of drug-likeness (QED) is 0.310. The summed E-state index contributed by atoms with van der Waals surface area (Å²) in [6, 6.07) is 9.44. The van der Waals surface area contributed by atoms with Gasteiger partial charge in [0.25, 0.3) is 0 Å². The van der Waals surface area contributed by atoms with E-state index in [0.29, 0.717) is 18.8 Å². The number of carbonyl (C=O) groups is 2. The van der Waals surface area contributed by atoms with Gasteiger partial charge in [0.2, 0.25) is 0 Å². The highest BCUT2D eigenvalue weighted by molar-refractivity contribution is 5.86. The summed E-state index contributed by atoms with van der Waals surface area (Å²) >= 11 is 0. The molecule has 2 atom stereocenters. The number of methoxy groups -OCH3 is 1. The molecule has 1 fully saturated rings. The lowest BCUT2D eigenvalue weighted by Gasteiger charge is -2.34. The van der Waals surface area contributed by atoms with E-state index in [9.17, 15) is 14.7 Å². The summed E-state index contributed by atoms with van der Waals surface area (Å²) in [7, 11) is 1.35. The highest BCUT2D eigenvalue weighted by atomic mass is 16.6. The van der Waals surface area contributed by atoms with E-state index in [-0.39, 0.29) is 6.61 Å². The fourth-order valence-corrected chi connectivity index (χ4v) is 4.78. The van der Waals surface area contributed by atoms with Crippen molar-refractivity contribution in [1.82, 2.24) is 5.32 Å². The lowest BCUT2D eigenvalue weighted by atomic mass is 9.79. The van der Waals surface area contributed by atoms with Gasteiger partial charge in [0.05, 0.1) is 13.2 Å². The Morgan fingerprint density at radius 3 is 2.52 bits per heavy atom. The molecule has 1 aliphatic carbocycles. The van der Waals surface area contributed by atoms with Crippen LogP contribution in [0.4, 0.5) is 4.79 Å². The van der Waals surface area contributed by atoms with Gasteiger partial charge in [-0.3, -0.25) is 0 Å². The lowest BCUT2D eigenvalue weighted by molar-refractivity contribution is -0.149. The number of hydrogen-bond donors (Lipinski definition) is 2. The second kappa shape index (κ2) is 14.0. The minimum Gasteiger partial charge on any atom is -0.467 e. The van der Waals surface area contributed by atoms with Crippen molar-refractivity contribution in [3.63, 3.8) is 0 Å². The number of nitrogens with one attached hydrogen (secondary N) is 1. The number of benzene rings is 1. The van der Waals surface area contributed by atoms with E-state index in [0.717, 1.165) is 43.2 Å². The summed E-state index contributed by atoms with van der Waals surface area (Å²) < 4.78 is 10.7. The van der Waals surface area contributed by atoms with Crippen LogP contribution < -0.4 is 5.32 Å². The van der Waals surface area contributed by atoms with Crippen LogP contribution in [0.25, 0.3) is 0 Å². The smallest absolute Gasteiger partial charge is 0.408 e. The first kappa shape index (κ1) is 26.9. The van der Waals surface area contributed by atoms with Crippen molar-refractivity contribution in [1.29, 1.82) is 0 Å². The van der Waals surface area contributed by atoms with Gasteiger partial charge in [-0.05, 0) is 37.7 Å². The Hall–Kier alpha value is -2.34. The Balaban J connectivity index is 2.24. The van der Waals surface area contributed by atoms with Crippen LogP contribution in [0.1, 0.15) is 83.6 Å². The Bertz CT molecular complexity index is 755. The van der Waals surface area contributed by atoms with E-state index in [1.54, 1.807) is 13.0 Å². The summed E-state index contributed by atoms with van der Waals surface area (Å²) in [6.45, 7) is 3.87. The number of esters is 1. The molecule has 0 unspecified atom stereocenters. The normalized spacial score (nSPS) is 17.6. The first-order valence-electron chi connectivity index (χ1n) is 12.3. The van der Waals surface area contributed by atoms with E-state index in [1.165, 1.54) is 26.4 Å². The predicted octanol–water partition coefficient (Wildman–Crippen LogP) is 5.68. The molecule has 1 saturated carbocycles. The molecule has 0 radical (unpaired) electrons. The third-order valence-corrected chi connectivity index (χ3v) is 6.41. The minimum absolute atomic E-state index is 0.123.